The van der Waals surface area contributed by atoms with Gasteiger partial charge in [0.25, 0.3) is 0 Å². The zero-order chi connectivity index (χ0) is 17.1. The Morgan fingerprint density at radius 2 is 1.91 bits per heavy atom. The topological polar surface area (TPSA) is 57.2 Å². The normalized spacial score (nSPS) is 15.0. The second kappa shape index (κ2) is 11.2. The van der Waals surface area contributed by atoms with Gasteiger partial charge in [0.2, 0.25) is 0 Å². The fourth-order valence-electron chi connectivity index (χ4n) is 2.20. The van der Waals surface area contributed by atoms with Gasteiger partial charge in [-0.1, -0.05) is 25.1 Å². The van der Waals surface area contributed by atoms with Gasteiger partial charge in [0.15, 0.2) is 0 Å². The molecule has 0 spiro atoms. The number of hydrogen-bond donors (Lipinski definition) is 1. The molecule has 1 N–H and O–H groups in total. The van der Waals surface area contributed by atoms with Gasteiger partial charge in [0.1, 0.15) is 12.5 Å². The van der Waals surface area contributed by atoms with Crippen LogP contribution in [0.4, 0.5) is 0 Å². The van der Waals surface area contributed by atoms with E-state index in [0.717, 1.165) is 11.3 Å². The van der Waals surface area contributed by atoms with Crippen molar-refractivity contribution in [2.75, 3.05) is 27.6 Å². The van der Waals surface area contributed by atoms with E-state index in [1.807, 2.05) is 31.2 Å². The summed E-state index contributed by atoms with van der Waals surface area (Å²) in [4.78, 5) is 0. The molecule has 0 unspecified atom stereocenters. The lowest BCUT2D eigenvalue weighted by Gasteiger charge is -2.26. The van der Waals surface area contributed by atoms with Gasteiger partial charge in [-0.25, -0.2) is 0 Å². The number of hydrogen-bond acceptors (Lipinski definition) is 5. The molecule has 0 aliphatic heterocycles. The van der Waals surface area contributed by atoms with E-state index in [2.05, 4.69) is 6.58 Å². The van der Waals surface area contributed by atoms with Crippen molar-refractivity contribution in [3.63, 3.8) is 0 Å². The van der Waals surface area contributed by atoms with E-state index in [9.17, 15) is 5.11 Å². The average molecular weight is 324 g/mol. The molecular formula is C18H28O5. The summed E-state index contributed by atoms with van der Waals surface area (Å²) in [5.74, 6) is 0.751. The standard InChI is InChI=1S/C18H28O5/c1-5-17(19)14(2)18(23-13-20-3)10-11-22-12-15-6-8-16(21-4)9-7-15/h5-9,14,17-19H,1,10-13H2,2-4H3/t14-,17-,18-/m0/s1. The third-order valence-corrected chi connectivity index (χ3v) is 3.74. The summed E-state index contributed by atoms with van der Waals surface area (Å²) in [6, 6.07) is 7.76. The molecule has 5 heteroatoms. The van der Waals surface area contributed by atoms with Crippen molar-refractivity contribution in [1.82, 2.24) is 0 Å². The van der Waals surface area contributed by atoms with Gasteiger partial charge in [0.05, 0.1) is 25.9 Å². The lowest BCUT2D eigenvalue weighted by molar-refractivity contribution is -0.110. The minimum Gasteiger partial charge on any atom is -0.497 e. The van der Waals surface area contributed by atoms with E-state index in [1.165, 1.54) is 6.08 Å². The van der Waals surface area contributed by atoms with Crippen LogP contribution < -0.4 is 4.74 Å². The molecule has 130 valence electrons. The van der Waals surface area contributed by atoms with E-state index >= 15 is 0 Å². The third kappa shape index (κ3) is 7.14. The van der Waals surface area contributed by atoms with Gasteiger partial charge in [-0.3, -0.25) is 0 Å². The Kier molecular flexibility index (Phi) is 9.55. The van der Waals surface area contributed by atoms with E-state index in [4.69, 9.17) is 18.9 Å². The van der Waals surface area contributed by atoms with Crippen LogP contribution in [-0.2, 0) is 20.8 Å². The first-order chi connectivity index (χ1) is 11.1. The van der Waals surface area contributed by atoms with Gasteiger partial charge < -0.3 is 24.1 Å². The molecule has 1 aromatic carbocycles. The van der Waals surface area contributed by atoms with Crippen LogP contribution in [0.3, 0.4) is 0 Å². The van der Waals surface area contributed by atoms with Crippen molar-refractivity contribution >= 4 is 0 Å². The summed E-state index contributed by atoms with van der Waals surface area (Å²) in [5.41, 5.74) is 1.08. The average Bonchev–Trinajstić information content (AvgIpc) is 2.60. The van der Waals surface area contributed by atoms with Crippen molar-refractivity contribution in [3.8, 4) is 5.75 Å². The van der Waals surface area contributed by atoms with Crippen LogP contribution in [0.5, 0.6) is 5.75 Å². The van der Waals surface area contributed by atoms with Crippen LogP contribution in [0, 0.1) is 5.92 Å². The Morgan fingerprint density at radius 1 is 1.22 bits per heavy atom. The van der Waals surface area contributed by atoms with Crippen LogP contribution in [-0.4, -0.2) is 44.9 Å². The van der Waals surface area contributed by atoms with Gasteiger partial charge in [-0.15, -0.1) is 6.58 Å². The predicted octanol–water partition coefficient (Wildman–Crippen LogP) is 2.77. The number of rotatable bonds is 12. The van der Waals surface area contributed by atoms with Gasteiger partial charge in [0, 0.05) is 19.6 Å². The molecule has 5 nitrogen and oxygen atoms in total. The zero-order valence-electron chi connectivity index (χ0n) is 14.2. The molecule has 0 aromatic heterocycles. The second-order valence-electron chi connectivity index (χ2n) is 5.39. The molecule has 3 atom stereocenters. The summed E-state index contributed by atoms with van der Waals surface area (Å²) in [5, 5.41) is 9.89. The van der Waals surface area contributed by atoms with Crippen molar-refractivity contribution in [2.45, 2.75) is 32.2 Å². The zero-order valence-corrected chi connectivity index (χ0v) is 14.2. The first kappa shape index (κ1) is 19.6. The SMILES string of the molecule is C=C[C@H](O)[C@H](C)[C@H](CCOCc1ccc(OC)cc1)OCOC. The molecule has 0 aliphatic rings. The largest absolute Gasteiger partial charge is 0.497 e. The molecule has 0 heterocycles. The predicted molar refractivity (Wildman–Crippen MR) is 89.4 cm³/mol. The molecule has 0 radical (unpaired) electrons. The molecule has 0 aliphatic carbocycles. The minimum atomic E-state index is -0.613. The molecule has 0 fully saturated rings. The maximum atomic E-state index is 9.89. The molecule has 1 aromatic rings. The van der Waals surface area contributed by atoms with Gasteiger partial charge >= 0.3 is 0 Å². The fourth-order valence-corrected chi connectivity index (χ4v) is 2.20. The Bertz CT molecular complexity index is 432. The maximum Gasteiger partial charge on any atom is 0.146 e. The Hall–Kier alpha value is -1.40. The van der Waals surface area contributed by atoms with Crippen molar-refractivity contribution < 1.29 is 24.1 Å². The van der Waals surface area contributed by atoms with Crippen molar-refractivity contribution in [2.24, 2.45) is 5.92 Å². The Labute approximate surface area is 138 Å². The lowest BCUT2D eigenvalue weighted by Crippen LogP contribution is -2.32. The van der Waals surface area contributed by atoms with E-state index in [0.29, 0.717) is 19.6 Å². The number of benzene rings is 1. The summed E-state index contributed by atoms with van der Waals surface area (Å²) in [6.45, 7) is 6.80. The quantitative estimate of drug-likeness (QED) is 0.364. The highest BCUT2D eigenvalue weighted by atomic mass is 16.7. The highest BCUT2D eigenvalue weighted by Crippen LogP contribution is 2.17. The van der Waals surface area contributed by atoms with Crippen molar-refractivity contribution in [3.05, 3.63) is 42.5 Å². The second-order valence-corrected chi connectivity index (χ2v) is 5.39. The van der Waals surface area contributed by atoms with Gasteiger partial charge in [-0.05, 0) is 24.1 Å². The first-order valence-corrected chi connectivity index (χ1v) is 7.74. The smallest absolute Gasteiger partial charge is 0.146 e. The number of methoxy groups -OCH3 is 2. The molecule has 0 saturated carbocycles. The summed E-state index contributed by atoms with van der Waals surface area (Å²) < 4.78 is 21.4. The molecule has 0 bridgehead atoms. The fraction of sp³-hybridized carbons (Fsp3) is 0.556. The van der Waals surface area contributed by atoms with Crippen LogP contribution in [0.15, 0.2) is 36.9 Å². The molecule has 1 rings (SSSR count). The summed E-state index contributed by atoms with van der Waals surface area (Å²) in [7, 11) is 3.22. The molecular weight excluding hydrogens is 296 g/mol. The van der Waals surface area contributed by atoms with Crippen LogP contribution >= 0.6 is 0 Å². The highest BCUT2D eigenvalue weighted by Gasteiger charge is 2.23. The first-order valence-electron chi connectivity index (χ1n) is 7.74. The Morgan fingerprint density at radius 3 is 2.48 bits per heavy atom. The minimum absolute atomic E-state index is 0.0766. The number of aliphatic hydroxyl groups is 1. The molecule has 0 saturated heterocycles. The number of ether oxygens (including phenoxy) is 4. The van der Waals surface area contributed by atoms with Crippen LogP contribution in [0.2, 0.25) is 0 Å². The van der Waals surface area contributed by atoms with E-state index in [-0.39, 0.29) is 18.8 Å². The summed E-state index contributed by atoms with van der Waals surface area (Å²) in [6.07, 6.45) is 1.43. The van der Waals surface area contributed by atoms with Gasteiger partial charge in [-0.2, -0.15) is 0 Å². The lowest BCUT2D eigenvalue weighted by atomic mass is 9.96. The number of aliphatic hydroxyl groups excluding tert-OH is 1. The van der Waals surface area contributed by atoms with E-state index < -0.39 is 6.10 Å². The Balaban J connectivity index is 2.39. The molecule has 23 heavy (non-hydrogen) atoms. The van der Waals surface area contributed by atoms with Crippen LogP contribution in [0.25, 0.3) is 0 Å². The monoisotopic (exact) mass is 324 g/mol. The van der Waals surface area contributed by atoms with Crippen molar-refractivity contribution in [1.29, 1.82) is 0 Å². The third-order valence-electron chi connectivity index (χ3n) is 3.74. The molecule has 0 amide bonds. The maximum absolute atomic E-state index is 9.89. The highest BCUT2D eigenvalue weighted by molar-refractivity contribution is 5.26. The van der Waals surface area contributed by atoms with Crippen LogP contribution in [0.1, 0.15) is 18.9 Å². The van der Waals surface area contributed by atoms with E-state index in [1.54, 1.807) is 14.2 Å². The summed E-state index contributed by atoms with van der Waals surface area (Å²) >= 11 is 0.